The van der Waals surface area contributed by atoms with E-state index in [4.69, 9.17) is 11.6 Å². The Labute approximate surface area is 206 Å². The summed E-state index contributed by atoms with van der Waals surface area (Å²) in [6.45, 7) is 0. The summed E-state index contributed by atoms with van der Waals surface area (Å²) in [7, 11) is -3.61. The van der Waals surface area contributed by atoms with Gasteiger partial charge in [0.2, 0.25) is 0 Å². The van der Waals surface area contributed by atoms with Crippen LogP contribution in [0.25, 0.3) is 6.08 Å². The molecule has 0 unspecified atom stereocenters. The second kappa shape index (κ2) is 9.11. The number of carbonyl (C=O) groups is 1. The maximum Gasteiger partial charge on any atom is 0.262 e. The largest absolute Gasteiger partial charge is 0.320 e. The van der Waals surface area contributed by atoms with Crippen LogP contribution in [0.5, 0.6) is 0 Å². The van der Waals surface area contributed by atoms with Crippen molar-refractivity contribution in [1.29, 1.82) is 0 Å². The van der Waals surface area contributed by atoms with Gasteiger partial charge in [0, 0.05) is 18.9 Å². The topological polar surface area (TPSA) is 63.2 Å². The fourth-order valence-electron chi connectivity index (χ4n) is 2.98. The van der Waals surface area contributed by atoms with E-state index in [1.165, 1.54) is 17.8 Å². The van der Waals surface area contributed by atoms with Gasteiger partial charge in [-0.05, 0) is 59.7 Å². The fraction of sp³-hybridized carbons (Fsp3) is 0.0455. The minimum Gasteiger partial charge on any atom is -0.320 e. The van der Waals surface area contributed by atoms with E-state index in [9.17, 15) is 13.2 Å². The van der Waals surface area contributed by atoms with Gasteiger partial charge in [0.15, 0.2) is 9.84 Å². The number of hydrogen-bond donors (Lipinski definition) is 1. The Morgan fingerprint density at radius 3 is 2.35 bits per heavy atom. The van der Waals surface area contributed by atoms with Gasteiger partial charge in [0.1, 0.15) is 0 Å². The second-order valence-corrected chi connectivity index (χ2v) is 12.0. The van der Waals surface area contributed by atoms with E-state index in [1.807, 2.05) is 30.3 Å². The molecule has 1 N–H and O–H groups in total. The van der Waals surface area contributed by atoms with Crippen molar-refractivity contribution in [2.24, 2.45) is 0 Å². The number of hydrogen-bond acceptors (Lipinski definition) is 4. The van der Waals surface area contributed by atoms with E-state index < -0.39 is 9.84 Å². The maximum atomic E-state index is 13.1. The molecule has 3 aromatic carbocycles. The molecule has 0 radical (unpaired) electrons. The predicted molar refractivity (Wildman–Crippen MR) is 133 cm³/mol. The molecule has 0 saturated heterocycles. The van der Waals surface area contributed by atoms with Crippen LogP contribution >= 0.6 is 55.2 Å². The van der Waals surface area contributed by atoms with Crippen molar-refractivity contribution in [2.75, 3.05) is 5.32 Å². The second-order valence-electron chi connectivity index (χ2n) is 6.73. The first kappa shape index (κ1) is 22.6. The molecule has 9 heteroatoms. The first-order valence-corrected chi connectivity index (χ1v) is 13.4. The van der Waals surface area contributed by atoms with E-state index in [0.29, 0.717) is 26.1 Å². The average molecular weight is 600 g/mol. The van der Waals surface area contributed by atoms with Crippen molar-refractivity contribution in [3.8, 4) is 0 Å². The molecule has 0 bridgehead atoms. The van der Waals surface area contributed by atoms with Crippen molar-refractivity contribution in [2.45, 2.75) is 15.5 Å². The molecule has 0 fully saturated rings. The van der Waals surface area contributed by atoms with Crippen LogP contribution in [-0.4, -0.2) is 14.3 Å². The van der Waals surface area contributed by atoms with Crippen LogP contribution < -0.4 is 5.32 Å². The third-order valence-corrected chi connectivity index (χ3v) is 9.03. The number of fused-ring (bicyclic) bond motifs is 1. The van der Waals surface area contributed by atoms with Crippen LogP contribution in [0.4, 0.5) is 5.69 Å². The molecule has 1 heterocycles. The van der Waals surface area contributed by atoms with Gasteiger partial charge >= 0.3 is 0 Å². The highest BCUT2D eigenvalue weighted by Crippen LogP contribution is 2.40. The van der Waals surface area contributed by atoms with Gasteiger partial charge in [0.25, 0.3) is 5.91 Å². The van der Waals surface area contributed by atoms with Gasteiger partial charge in [-0.2, -0.15) is 0 Å². The highest BCUT2D eigenvalue weighted by molar-refractivity contribution is 9.11. The number of carbonyl (C=O) groups excluding carboxylic acids is 1. The molecule has 0 atom stereocenters. The molecule has 1 aliphatic rings. The Bertz CT molecular complexity index is 1300. The molecule has 1 amide bonds. The summed E-state index contributed by atoms with van der Waals surface area (Å²) in [4.78, 5) is 13.8. The first-order valence-electron chi connectivity index (χ1n) is 8.99. The quantitative estimate of drug-likeness (QED) is 0.331. The van der Waals surface area contributed by atoms with Crippen LogP contribution in [0.2, 0.25) is 5.02 Å². The third kappa shape index (κ3) is 5.09. The molecule has 4 nitrogen and oxygen atoms in total. The highest BCUT2D eigenvalue weighted by Gasteiger charge is 2.25. The van der Waals surface area contributed by atoms with Crippen molar-refractivity contribution in [1.82, 2.24) is 0 Å². The van der Waals surface area contributed by atoms with Gasteiger partial charge in [-0.1, -0.05) is 73.4 Å². The number of sulfone groups is 1. The number of halogens is 3. The monoisotopic (exact) mass is 597 g/mol. The number of rotatable bonds is 4. The zero-order valence-electron chi connectivity index (χ0n) is 15.7. The number of anilines is 1. The lowest BCUT2D eigenvalue weighted by atomic mass is 10.2. The smallest absolute Gasteiger partial charge is 0.262 e. The molecule has 1 aliphatic heterocycles. The lowest BCUT2D eigenvalue weighted by Gasteiger charge is -2.19. The molecule has 0 aromatic heterocycles. The Morgan fingerprint density at radius 1 is 1.00 bits per heavy atom. The number of thioether (sulfide) groups is 1. The summed E-state index contributed by atoms with van der Waals surface area (Å²) < 4.78 is 27.6. The zero-order valence-corrected chi connectivity index (χ0v) is 21.3. The summed E-state index contributed by atoms with van der Waals surface area (Å²) in [5.41, 5.74) is 2.07. The Hall–Kier alpha value is -1.58. The van der Waals surface area contributed by atoms with E-state index in [0.717, 1.165) is 14.5 Å². The van der Waals surface area contributed by atoms with Crippen LogP contribution in [-0.2, 0) is 20.4 Å². The maximum absolute atomic E-state index is 13.1. The molecule has 0 aliphatic carbocycles. The van der Waals surface area contributed by atoms with Gasteiger partial charge in [0.05, 0.1) is 21.2 Å². The number of amides is 1. The van der Waals surface area contributed by atoms with Crippen LogP contribution in [0.15, 0.2) is 84.3 Å². The summed E-state index contributed by atoms with van der Waals surface area (Å²) in [6, 6.07) is 17.3. The summed E-state index contributed by atoms with van der Waals surface area (Å²) in [6.07, 6.45) is 1.75. The highest BCUT2D eigenvalue weighted by atomic mass is 79.9. The van der Waals surface area contributed by atoms with Gasteiger partial charge < -0.3 is 5.32 Å². The van der Waals surface area contributed by atoms with E-state index >= 15 is 0 Å². The summed E-state index contributed by atoms with van der Waals surface area (Å²) in [5, 5.41) is 3.44. The van der Waals surface area contributed by atoms with Gasteiger partial charge in [-0.3, -0.25) is 4.79 Å². The molecule has 0 spiro atoms. The van der Waals surface area contributed by atoms with Crippen LogP contribution in [0.3, 0.4) is 0 Å². The average Bonchev–Trinajstić information content (AvgIpc) is 2.73. The first-order chi connectivity index (χ1) is 14.7. The van der Waals surface area contributed by atoms with Crippen LogP contribution in [0.1, 0.15) is 11.1 Å². The predicted octanol–water partition coefficient (Wildman–Crippen LogP) is 6.92. The summed E-state index contributed by atoms with van der Waals surface area (Å²) >= 11 is 14.0. The molecular weight excluding hydrogens is 586 g/mol. The van der Waals surface area contributed by atoms with Crippen molar-refractivity contribution in [3.63, 3.8) is 0 Å². The molecule has 31 heavy (non-hydrogen) atoms. The lowest BCUT2D eigenvalue weighted by Crippen LogP contribution is -2.17. The summed E-state index contributed by atoms with van der Waals surface area (Å²) in [5.74, 6) is -0.390. The van der Waals surface area contributed by atoms with E-state index in [2.05, 4.69) is 37.2 Å². The molecular formula is C22H14Br2ClNO3S2. The van der Waals surface area contributed by atoms with Gasteiger partial charge in [-0.15, -0.1) is 0 Å². The van der Waals surface area contributed by atoms with Crippen molar-refractivity contribution >= 4 is 82.7 Å². The lowest BCUT2D eigenvalue weighted by molar-refractivity contribution is -0.112. The standard InChI is InChI=1S/C22H14Br2ClNO3S2/c23-17-2-1-3-18(24)16(17)12-31(28,29)15-8-9-19-20(11-15)30-21(22(27)26-19)10-13-4-6-14(25)7-5-13/h1-11H,12H2,(H,26,27)/b21-10-. The minimum atomic E-state index is -3.61. The van der Waals surface area contributed by atoms with Gasteiger partial charge in [-0.25, -0.2) is 8.42 Å². The van der Waals surface area contributed by atoms with Crippen molar-refractivity contribution < 1.29 is 13.2 Å². The number of nitrogens with one attached hydrogen (secondary N) is 1. The minimum absolute atomic E-state index is 0.154. The normalized spacial score (nSPS) is 14.9. The molecule has 0 saturated carbocycles. The Balaban J connectivity index is 1.65. The third-order valence-electron chi connectivity index (χ3n) is 4.57. The molecule has 3 aromatic rings. The Morgan fingerprint density at radius 2 is 1.68 bits per heavy atom. The molecule has 4 rings (SSSR count). The number of benzene rings is 3. The van der Waals surface area contributed by atoms with Crippen molar-refractivity contribution in [3.05, 3.63) is 90.7 Å². The zero-order chi connectivity index (χ0) is 22.2. The van der Waals surface area contributed by atoms with E-state index in [-0.39, 0.29) is 16.6 Å². The SMILES string of the molecule is O=C1Nc2ccc(S(=O)(=O)Cc3c(Br)cccc3Br)cc2S/C1=C\c1ccc(Cl)cc1. The Kier molecular flexibility index (Phi) is 6.65. The molecule has 158 valence electrons. The van der Waals surface area contributed by atoms with E-state index in [1.54, 1.807) is 30.3 Å². The van der Waals surface area contributed by atoms with Crippen LogP contribution in [0, 0.1) is 0 Å². The fourth-order valence-corrected chi connectivity index (χ4v) is 7.25.